The Bertz CT molecular complexity index is 2320. The van der Waals surface area contributed by atoms with Gasteiger partial charge in [-0.2, -0.15) is 0 Å². The van der Waals surface area contributed by atoms with Crippen molar-refractivity contribution in [3.05, 3.63) is 139 Å². The summed E-state index contributed by atoms with van der Waals surface area (Å²) < 4.78 is 54.2. The van der Waals surface area contributed by atoms with Gasteiger partial charge in [0.05, 0.1) is 16.7 Å². The number of aromatic nitrogens is 2. The summed E-state index contributed by atoms with van der Waals surface area (Å²) in [7, 11) is 0. The van der Waals surface area contributed by atoms with Gasteiger partial charge in [-0.05, 0) is 122 Å². The highest BCUT2D eigenvalue weighted by Gasteiger charge is 2.31. The number of amides is 4. The summed E-state index contributed by atoms with van der Waals surface area (Å²) in [5.41, 5.74) is 5.08. The molecular weight excluding hydrogens is 749 g/mol. The molecule has 0 atom stereocenters. The molecule has 58 heavy (non-hydrogen) atoms. The summed E-state index contributed by atoms with van der Waals surface area (Å²) in [5.74, 6) is 0.273. The number of anilines is 2. The van der Waals surface area contributed by atoms with Crippen molar-refractivity contribution in [1.29, 1.82) is 0 Å². The first-order chi connectivity index (χ1) is 28.0. The monoisotopic (exact) mass is 792 g/mol. The molecule has 4 aromatic carbocycles. The van der Waals surface area contributed by atoms with Gasteiger partial charge in [-0.15, -0.1) is 13.2 Å². The maximum atomic E-state index is 13.7. The number of hydrogen-bond donors (Lipinski definition) is 2. The largest absolute Gasteiger partial charge is 0.573 e. The van der Waals surface area contributed by atoms with Crippen LogP contribution in [0.3, 0.4) is 0 Å². The van der Waals surface area contributed by atoms with Gasteiger partial charge in [0.1, 0.15) is 11.6 Å². The topological polar surface area (TPSA) is 99.7 Å². The van der Waals surface area contributed by atoms with Crippen LogP contribution in [0, 0.1) is 17.7 Å². The van der Waals surface area contributed by atoms with Gasteiger partial charge < -0.3 is 25.2 Å². The molecule has 2 aliphatic rings. The number of alkyl halides is 3. The highest BCUT2D eigenvalue weighted by Crippen LogP contribution is 2.27. The van der Waals surface area contributed by atoms with E-state index in [1.54, 1.807) is 28.0 Å². The van der Waals surface area contributed by atoms with E-state index < -0.39 is 12.2 Å². The van der Waals surface area contributed by atoms with Gasteiger partial charge in [0, 0.05) is 55.0 Å². The molecule has 2 saturated heterocycles. The Balaban J connectivity index is 0.000000178. The Morgan fingerprint density at radius 1 is 0.638 bits per heavy atom. The van der Waals surface area contributed by atoms with Crippen LogP contribution in [0.4, 0.5) is 38.5 Å². The molecule has 2 aliphatic heterocycles. The summed E-state index contributed by atoms with van der Waals surface area (Å²) in [5, 5.41) is 7.68. The third-order valence-electron chi connectivity index (χ3n) is 10.6. The zero-order valence-corrected chi connectivity index (χ0v) is 31.8. The van der Waals surface area contributed by atoms with Crippen LogP contribution in [0.5, 0.6) is 5.75 Å². The van der Waals surface area contributed by atoms with E-state index >= 15 is 0 Å². The summed E-state index contributed by atoms with van der Waals surface area (Å²) in [6.07, 6.45) is 4.70. The molecule has 4 amide bonds. The smallest absolute Gasteiger partial charge is 0.406 e. The van der Waals surface area contributed by atoms with Crippen molar-refractivity contribution < 1.29 is 31.9 Å². The first-order valence-corrected chi connectivity index (χ1v) is 19.4. The quantitative estimate of drug-likeness (QED) is 0.157. The molecule has 9 nitrogen and oxygen atoms in total. The molecule has 0 aliphatic carbocycles. The van der Waals surface area contributed by atoms with Gasteiger partial charge in [-0.25, -0.2) is 14.0 Å². The molecule has 0 spiro atoms. The second-order valence-corrected chi connectivity index (χ2v) is 14.8. The van der Waals surface area contributed by atoms with Crippen molar-refractivity contribution in [2.75, 3.05) is 36.8 Å². The normalized spacial score (nSPS) is 15.1. The second-order valence-electron chi connectivity index (χ2n) is 14.8. The Morgan fingerprint density at radius 2 is 1.10 bits per heavy atom. The van der Waals surface area contributed by atoms with Crippen molar-refractivity contribution in [3.8, 4) is 5.75 Å². The third-order valence-corrected chi connectivity index (χ3v) is 10.6. The average molecular weight is 793 g/mol. The van der Waals surface area contributed by atoms with E-state index in [4.69, 9.17) is 0 Å². The molecule has 4 heterocycles. The molecule has 6 aromatic rings. The predicted octanol–water partition coefficient (Wildman–Crippen LogP) is 10.5. The number of carbonyl (C=O) groups excluding carboxylic acids is 2. The van der Waals surface area contributed by atoms with Gasteiger partial charge in [0.15, 0.2) is 0 Å². The van der Waals surface area contributed by atoms with Gasteiger partial charge in [0.2, 0.25) is 0 Å². The summed E-state index contributed by atoms with van der Waals surface area (Å²) >= 11 is 0. The average Bonchev–Trinajstić information content (AvgIpc) is 3.22. The van der Waals surface area contributed by atoms with Crippen LogP contribution >= 0.6 is 0 Å². The van der Waals surface area contributed by atoms with E-state index in [9.17, 15) is 27.2 Å². The van der Waals surface area contributed by atoms with E-state index in [1.165, 1.54) is 41.5 Å². The van der Waals surface area contributed by atoms with Gasteiger partial charge in [0.25, 0.3) is 0 Å². The number of likely N-dealkylation sites (tertiary alicyclic amines) is 2. The van der Waals surface area contributed by atoms with E-state index in [1.807, 2.05) is 48.8 Å². The molecule has 300 valence electrons. The number of para-hydroxylation sites is 3. The maximum Gasteiger partial charge on any atom is 0.573 e. The minimum Gasteiger partial charge on any atom is -0.406 e. The van der Waals surface area contributed by atoms with Crippen molar-refractivity contribution in [1.82, 2.24) is 19.8 Å². The molecule has 0 unspecified atom stereocenters. The number of rotatable bonds is 7. The van der Waals surface area contributed by atoms with E-state index in [2.05, 4.69) is 49.6 Å². The lowest BCUT2D eigenvalue weighted by Gasteiger charge is -2.32. The second kappa shape index (κ2) is 18.4. The standard InChI is InChI=1S/C23H22F3N3O2.C22H22FN3O/c24-23(25,26)31-20-7-5-19(6-8-20)28-22(30)29-11-9-16(10-12-29)13-17-14-18-3-1-2-4-21(18)27-15-17;23-19-6-2-4-8-21(19)25-22(27)26-11-9-16(10-12-26)13-17-14-18-5-1-3-7-20(18)24-15-17/h1-8,14-16H,9-13H2,(H,28,30);1-8,14-16H,9-13H2,(H,25,27). The van der Waals surface area contributed by atoms with Crippen LogP contribution in [0.15, 0.2) is 122 Å². The minimum absolute atomic E-state index is 0.229. The van der Waals surface area contributed by atoms with E-state index in [0.717, 1.165) is 60.3 Å². The molecule has 0 bridgehead atoms. The number of urea groups is 2. The van der Waals surface area contributed by atoms with Gasteiger partial charge >= 0.3 is 18.4 Å². The number of ether oxygens (including phenoxy) is 1. The minimum atomic E-state index is -4.74. The van der Waals surface area contributed by atoms with Crippen LogP contribution in [-0.4, -0.2) is 64.4 Å². The van der Waals surface area contributed by atoms with Gasteiger partial charge in [-0.3, -0.25) is 9.97 Å². The van der Waals surface area contributed by atoms with Crippen LogP contribution in [0.2, 0.25) is 0 Å². The SMILES string of the molecule is O=C(Nc1ccc(OC(F)(F)F)cc1)N1CCC(Cc2cnc3ccccc3c2)CC1.O=C(Nc1ccccc1F)N1CCC(Cc2cnc3ccccc3c2)CC1. The number of piperidine rings is 2. The Hall–Kier alpha value is -6.24. The van der Waals surface area contributed by atoms with Crippen LogP contribution in [0.25, 0.3) is 21.8 Å². The van der Waals surface area contributed by atoms with Crippen molar-refractivity contribution in [3.63, 3.8) is 0 Å². The van der Waals surface area contributed by atoms with Gasteiger partial charge in [-0.1, -0.05) is 48.5 Å². The fourth-order valence-electron chi connectivity index (χ4n) is 7.50. The first-order valence-electron chi connectivity index (χ1n) is 19.4. The van der Waals surface area contributed by atoms with Crippen molar-refractivity contribution >= 4 is 45.2 Å². The van der Waals surface area contributed by atoms with Crippen LogP contribution < -0.4 is 15.4 Å². The Labute approximate surface area is 334 Å². The number of fused-ring (bicyclic) bond motifs is 2. The molecule has 2 fully saturated rings. The van der Waals surface area contributed by atoms with Crippen molar-refractivity contribution in [2.45, 2.75) is 44.9 Å². The number of nitrogens with one attached hydrogen (secondary N) is 2. The first kappa shape index (κ1) is 40.0. The van der Waals surface area contributed by atoms with E-state index in [-0.39, 0.29) is 23.5 Å². The van der Waals surface area contributed by atoms with E-state index in [0.29, 0.717) is 43.7 Å². The maximum absolute atomic E-state index is 13.7. The molecule has 13 heteroatoms. The molecule has 2 N–H and O–H groups in total. The molecule has 0 saturated carbocycles. The number of nitrogens with zero attached hydrogens (tertiary/aromatic N) is 4. The zero-order chi connectivity index (χ0) is 40.5. The lowest BCUT2D eigenvalue weighted by molar-refractivity contribution is -0.274. The van der Waals surface area contributed by atoms with Crippen molar-refractivity contribution in [2.24, 2.45) is 11.8 Å². The Morgan fingerprint density at radius 3 is 1.60 bits per heavy atom. The predicted molar refractivity (Wildman–Crippen MR) is 217 cm³/mol. The van der Waals surface area contributed by atoms with Crippen LogP contribution in [-0.2, 0) is 12.8 Å². The number of pyridine rings is 2. The molecule has 2 aromatic heterocycles. The highest BCUT2D eigenvalue weighted by molar-refractivity contribution is 5.90. The highest BCUT2D eigenvalue weighted by atomic mass is 19.4. The lowest BCUT2D eigenvalue weighted by atomic mass is 9.90. The summed E-state index contributed by atoms with van der Waals surface area (Å²) in [6.45, 7) is 2.64. The molecular formula is C45H44F4N6O3. The number of benzene rings is 4. The summed E-state index contributed by atoms with van der Waals surface area (Å²) in [4.78, 5) is 37.4. The number of halogens is 4. The number of carbonyl (C=O) groups is 2. The third kappa shape index (κ3) is 11.0. The fourth-order valence-corrected chi connectivity index (χ4v) is 7.50. The Kier molecular flexibility index (Phi) is 12.6. The summed E-state index contributed by atoms with van der Waals surface area (Å²) in [6, 6.07) is 31.4. The number of hydrogen-bond acceptors (Lipinski definition) is 5. The fraction of sp³-hybridized carbons (Fsp3) is 0.289. The molecule has 8 rings (SSSR count). The zero-order valence-electron chi connectivity index (χ0n) is 31.8. The van der Waals surface area contributed by atoms with Crippen LogP contribution in [0.1, 0.15) is 36.8 Å². The molecule has 0 radical (unpaired) electrons. The lowest BCUT2D eigenvalue weighted by Crippen LogP contribution is -2.41.